The van der Waals surface area contributed by atoms with Gasteiger partial charge in [0.05, 0.1) is 4.92 Å². The number of nitro groups is 1. The first-order valence-electron chi connectivity index (χ1n) is 6.03. The summed E-state index contributed by atoms with van der Waals surface area (Å²) in [5.74, 6) is -1.47. The highest BCUT2D eigenvalue weighted by atomic mass is 16.6. The van der Waals surface area contributed by atoms with Crippen molar-refractivity contribution in [2.75, 3.05) is 24.5 Å². The monoisotopic (exact) mass is 279 g/mol. The van der Waals surface area contributed by atoms with E-state index in [9.17, 15) is 19.7 Å². The molecule has 1 saturated heterocycles. The quantitative estimate of drug-likeness (QED) is 0.619. The molecule has 0 saturated carbocycles. The fourth-order valence-corrected chi connectivity index (χ4v) is 2.16. The molecule has 0 aliphatic carbocycles. The second kappa shape index (κ2) is 5.55. The molecule has 1 aromatic carbocycles. The number of anilines is 1. The maximum absolute atomic E-state index is 11.3. The molecule has 8 heteroatoms. The molecule has 20 heavy (non-hydrogen) atoms. The molecule has 1 heterocycles. The molecule has 1 aliphatic heterocycles. The van der Waals surface area contributed by atoms with Gasteiger partial charge in [-0.05, 0) is 12.1 Å². The summed E-state index contributed by atoms with van der Waals surface area (Å²) in [5, 5.41) is 22.9. The van der Waals surface area contributed by atoms with Crippen molar-refractivity contribution in [1.29, 1.82) is 0 Å². The summed E-state index contributed by atoms with van der Waals surface area (Å²) in [6, 6.07) is 4.16. The van der Waals surface area contributed by atoms with E-state index in [0.717, 1.165) is 0 Å². The van der Waals surface area contributed by atoms with Gasteiger partial charge in [0.2, 0.25) is 5.91 Å². The Morgan fingerprint density at radius 1 is 1.40 bits per heavy atom. The Labute approximate surface area is 114 Å². The fourth-order valence-electron chi connectivity index (χ4n) is 2.16. The molecular weight excluding hydrogens is 266 g/mol. The molecule has 106 valence electrons. The van der Waals surface area contributed by atoms with E-state index in [2.05, 4.69) is 5.32 Å². The summed E-state index contributed by atoms with van der Waals surface area (Å²) >= 11 is 0. The summed E-state index contributed by atoms with van der Waals surface area (Å²) in [6.45, 7) is 1.08. The smallest absolute Gasteiger partial charge is 0.342 e. The maximum Gasteiger partial charge on any atom is 0.342 e. The largest absolute Gasteiger partial charge is 0.477 e. The van der Waals surface area contributed by atoms with Gasteiger partial charge in [-0.25, -0.2) is 4.79 Å². The van der Waals surface area contributed by atoms with Crippen LogP contribution in [0.3, 0.4) is 0 Å². The minimum atomic E-state index is -1.34. The molecule has 1 amide bonds. The van der Waals surface area contributed by atoms with E-state index in [1.54, 1.807) is 4.90 Å². The van der Waals surface area contributed by atoms with Crippen molar-refractivity contribution in [3.05, 3.63) is 33.9 Å². The maximum atomic E-state index is 11.3. The average Bonchev–Trinajstić information content (AvgIpc) is 2.62. The van der Waals surface area contributed by atoms with E-state index in [0.29, 0.717) is 19.6 Å². The summed E-state index contributed by atoms with van der Waals surface area (Å²) in [6.07, 6.45) is 0.217. The number of benzene rings is 1. The van der Waals surface area contributed by atoms with Gasteiger partial charge in [0.15, 0.2) is 0 Å². The van der Waals surface area contributed by atoms with Crippen molar-refractivity contribution in [2.24, 2.45) is 0 Å². The van der Waals surface area contributed by atoms with Crippen LogP contribution in [0, 0.1) is 10.1 Å². The molecule has 1 fully saturated rings. The van der Waals surface area contributed by atoms with Crippen LogP contribution in [0.1, 0.15) is 16.8 Å². The molecular formula is C12H13N3O5. The number of para-hydroxylation sites is 1. The van der Waals surface area contributed by atoms with Crippen LogP contribution in [-0.4, -0.2) is 41.5 Å². The molecule has 2 N–H and O–H groups in total. The Morgan fingerprint density at radius 3 is 2.80 bits per heavy atom. The van der Waals surface area contributed by atoms with E-state index in [-0.39, 0.29) is 23.6 Å². The Hall–Kier alpha value is -2.64. The second-order valence-corrected chi connectivity index (χ2v) is 4.32. The Bertz CT molecular complexity index is 572. The lowest BCUT2D eigenvalue weighted by molar-refractivity contribution is -0.384. The zero-order chi connectivity index (χ0) is 14.7. The van der Waals surface area contributed by atoms with E-state index in [1.807, 2.05) is 0 Å². The first-order valence-corrected chi connectivity index (χ1v) is 6.03. The van der Waals surface area contributed by atoms with Gasteiger partial charge in [0.25, 0.3) is 0 Å². The Morgan fingerprint density at radius 2 is 2.15 bits per heavy atom. The third-order valence-electron chi connectivity index (χ3n) is 3.08. The Kier molecular flexibility index (Phi) is 3.83. The number of nitrogens with one attached hydrogen (secondary N) is 1. The molecule has 0 radical (unpaired) electrons. The zero-order valence-corrected chi connectivity index (χ0v) is 10.5. The fraction of sp³-hybridized carbons (Fsp3) is 0.333. The minimum absolute atomic E-state index is 0.121. The predicted molar refractivity (Wildman–Crippen MR) is 69.9 cm³/mol. The number of carbonyl (C=O) groups is 2. The normalized spacial score (nSPS) is 15.4. The number of rotatable bonds is 3. The van der Waals surface area contributed by atoms with Crippen molar-refractivity contribution >= 4 is 23.3 Å². The zero-order valence-electron chi connectivity index (χ0n) is 10.5. The SMILES string of the molecule is O=C1CCN(c2cccc(C(=O)O)c2[N+](=O)[O-])CCN1. The number of nitrogens with zero attached hydrogens (tertiary/aromatic N) is 2. The molecule has 0 aromatic heterocycles. The van der Waals surface area contributed by atoms with Gasteiger partial charge in [0, 0.05) is 26.1 Å². The van der Waals surface area contributed by atoms with Gasteiger partial charge in [-0.2, -0.15) is 0 Å². The Balaban J connectivity index is 2.45. The molecule has 0 atom stereocenters. The molecule has 8 nitrogen and oxygen atoms in total. The highest BCUT2D eigenvalue weighted by molar-refractivity contribution is 5.95. The second-order valence-electron chi connectivity index (χ2n) is 4.32. The first kappa shape index (κ1) is 13.8. The number of carboxylic acids is 1. The van der Waals surface area contributed by atoms with E-state index < -0.39 is 16.6 Å². The van der Waals surface area contributed by atoms with Gasteiger partial charge >= 0.3 is 11.7 Å². The van der Waals surface area contributed by atoms with Crippen molar-refractivity contribution in [2.45, 2.75) is 6.42 Å². The van der Waals surface area contributed by atoms with Crippen LogP contribution in [0.5, 0.6) is 0 Å². The summed E-state index contributed by atoms with van der Waals surface area (Å²) in [4.78, 5) is 34.5. The van der Waals surface area contributed by atoms with Gasteiger partial charge in [-0.3, -0.25) is 14.9 Å². The van der Waals surface area contributed by atoms with Crippen molar-refractivity contribution < 1.29 is 19.6 Å². The first-order chi connectivity index (χ1) is 9.50. The van der Waals surface area contributed by atoms with E-state index >= 15 is 0 Å². The van der Waals surface area contributed by atoms with Crippen LogP contribution in [0.25, 0.3) is 0 Å². The van der Waals surface area contributed by atoms with Crippen LogP contribution >= 0.6 is 0 Å². The van der Waals surface area contributed by atoms with Crippen molar-refractivity contribution in [3.63, 3.8) is 0 Å². The lowest BCUT2D eigenvalue weighted by Crippen LogP contribution is -2.29. The summed E-state index contributed by atoms with van der Waals surface area (Å²) < 4.78 is 0. The highest BCUT2D eigenvalue weighted by Crippen LogP contribution is 2.32. The van der Waals surface area contributed by atoms with Gasteiger partial charge in [-0.15, -0.1) is 0 Å². The number of carbonyl (C=O) groups excluding carboxylic acids is 1. The highest BCUT2D eigenvalue weighted by Gasteiger charge is 2.28. The molecule has 1 aromatic rings. The van der Waals surface area contributed by atoms with E-state index in [1.165, 1.54) is 18.2 Å². The molecule has 0 bridgehead atoms. The lowest BCUT2D eigenvalue weighted by Gasteiger charge is -2.21. The summed E-state index contributed by atoms with van der Waals surface area (Å²) in [5.41, 5.74) is -0.559. The molecule has 0 spiro atoms. The standard InChI is InChI=1S/C12H13N3O5/c16-10-4-6-14(7-5-13-10)9-3-1-2-8(12(17)18)11(9)15(19)20/h1-3H,4-7H2,(H,13,16)(H,17,18). The van der Waals surface area contributed by atoms with Crippen LogP contribution in [0.4, 0.5) is 11.4 Å². The number of hydrogen-bond donors (Lipinski definition) is 2. The third-order valence-corrected chi connectivity index (χ3v) is 3.08. The van der Waals surface area contributed by atoms with Crippen molar-refractivity contribution in [1.82, 2.24) is 5.32 Å². The average molecular weight is 279 g/mol. The number of carboxylic acid groups (broad SMARTS) is 1. The van der Waals surface area contributed by atoms with Crippen molar-refractivity contribution in [3.8, 4) is 0 Å². The minimum Gasteiger partial charge on any atom is -0.477 e. The molecule has 2 rings (SSSR count). The van der Waals surface area contributed by atoms with E-state index in [4.69, 9.17) is 5.11 Å². The molecule has 1 aliphatic rings. The van der Waals surface area contributed by atoms with Gasteiger partial charge in [-0.1, -0.05) is 6.07 Å². The predicted octanol–water partition coefficient (Wildman–Crippen LogP) is 0.619. The number of nitro benzene ring substituents is 1. The van der Waals surface area contributed by atoms with Gasteiger partial charge in [0.1, 0.15) is 11.3 Å². The van der Waals surface area contributed by atoms with Crippen LogP contribution in [0.15, 0.2) is 18.2 Å². The third kappa shape index (κ3) is 2.68. The number of hydrogen-bond acceptors (Lipinski definition) is 5. The van der Waals surface area contributed by atoms with Crippen LogP contribution in [-0.2, 0) is 4.79 Å². The van der Waals surface area contributed by atoms with Gasteiger partial charge < -0.3 is 15.3 Å². The lowest BCUT2D eigenvalue weighted by atomic mass is 10.1. The topological polar surface area (TPSA) is 113 Å². The van der Waals surface area contributed by atoms with Crippen LogP contribution in [0.2, 0.25) is 0 Å². The summed E-state index contributed by atoms with van der Waals surface area (Å²) in [7, 11) is 0. The van der Waals surface area contributed by atoms with Crippen LogP contribution < -0.4 is 10.2 Å². The molecule has 0 unspecified atom stereocenters. The number of aromatic carboxylic acids is 1. The number of amides is 1.